The van der Waals surface area contributed by atoms with Crippen LogP contribution in [-0.2, 0) is 4.79 Å². The van der Waals surface area contributed by atoms with Gasteiger partial charge in [0.2, 0.25) is 0 Å². The molecule has 0 radical (unpaired) electrons. The van der Waals surface area contributed by atoms with Gasteiger partial charge in [-0.05, 0) is 36.8 Å². The van der Waals surface area contributed by atoms with Gasteiger partial charge in [-0.2, -0.15) is 0 Å². The summed E-state index contributed by atoms with van der Waals surface area (Å²) in [5.74, 6) is -0.114. The normalized spacial score (nSPS) is 11.9. The summed E-state index contributed by atoms with van der Waals surface area (Å²) in [4.78, 5) is 11.3. The third kappa shape index (κ3) is 4.70. The number of hydrogen-bond donors (Lipinski definition) is 3. The van der Waals surface area contributed by atoms with Crippen molar-refractivity contribution in [2.24, 2.45) is 0 Å². The molecule has 17 heavy (non-hydrogen) atoms. The number of rotatable bonds is 6. The number of hydrogen-bond acceptors (Lipinski definition) is 4. The number of nitrogens with one attached hydrogen (secondary N) is 1. The van der Waals surface area contributed by atoms with Gasteiger partial charge < -0.3 is 16.2 Å². The van der Waals surface area contributed by atoms with Crippen molar-refractivity contribution in [3.63, 3.8) is 0 Å². The lowest BCUT2D eigenvalue weighted by molar-refractivity contribution is -0.117. The van der Waals surface area contributed by atoms with E-state index in [1.165, 1.54) is 0 Å². The molecule has 0 spiro atoms. The van der Waals surface area contributed by atoms with Gasteiger partial charge in [-0.1, -0.05) is 6.58 Å². The fourth-order valence-electron chi connectivity index (χ4n) is 1.30. The van der Waals surface area contributed by atoms with Gasteiger partial charge in [-0.25, -0.2) is 0 Å². The quantitative estimate of drug-likeness (QED) is 0.516. The molecule has 1 atom stereocenters. The van der Waals surface area contributed by atoms with E-state index in [4.69, 9.17) is 5.73 Å². The first kappa shape index (κ1) is 13.3. The first-order valence-corrected chi connectivity index (χ1v) is 5.45. The van der Waals surface area contributed by atoms with Crippen molar-refractivity contribution in [2.45, 2.75) is 19.4 Å². The van der Waals surface area contributed by atoms with Crippen molar-refractivity contribution in [1.29, 1.82) is 0 Å². The molecule has 1 aromatic rings. The van der Waals surface area contributed by atoms with E-state index in [-0.39, 0.29) is 12.2 Å². The Morgan fingerprint density at radius 2 is 2.06 bits per heavy atom. The third-order valence-corrected chi connectivity index (χ3v) is 2.35. The maximum Gasteiger partial charge on any atom is 0.160 e. The summed E-state index contributed by atoms with van der Waals surface area (Å²) in [6.07, 6.45) is -0.617. The number of nitrogen functional groups attached to an aromatic ring is 1. The highest BCUT2D eigenvalue weighted by molar-refractivity contribution is 5.94. The van der Waals surface area contributed by atoms with Crippen LogP contribution in [0.2, 0.25) is 0 Å². The zero-order chi connectivity index (χ0) is 12.8. The lowest BCUT2D eigenvalue weighted by atomic mass is 10.1. The molecule has 0 amide bonds. The van der Waals surface area contributed by atoms with Gasteiger partial charge in [-0.3, -0.25) is 4.79 Å². The topological polar surface area (TPSA) is 75.3 Å². The Balaban J connectivity index is 2.38. The van der Waals surface area contributed by atoms with E-state index in [1.807, 2.05) is 12.1 Å². The summed E-state index contributed by atoms with van der Waals surface area (Å²) in [5, 5.41) is 12.7. The Morgan fingerprint density at radius 1 is 1.47 bits per heavy atom. The number of aliphatic hydroxyl groups excluding tert-OH is 1. The maximum atomic E-state index is 11.3. The molecule has 0 aliphatic rings. The van der Waals surface area contributed by atoms with E-state index in [0.29, 0.717) is 17.8 Å². The molecule has 0 fully saturated rings. The molecule has 0 bridgehead atoms. The predicted molar refractivity (Wildman–Crippen MR) is 69.8 cm³/mol. The van der Waals surface area contributed by atoms with Crippen LogP contribution >= 0.6 is 0 Å². The molecule has 4 heteroatoms. The van der Waals surface area contributed by atoms with Gasteiger partial charge in [0.05, 0.1) is 6.10 Å². The van der Waals surface area contributed by atoms with Gasteiger partial charge in [0, 0.05) is 24.3 Å². The van der Waals surface area contributed by atoms with E-state index >= 15 is 0 Å². The third-order valence-electron chi connectivity index (χ3n) is 2.35. The Kier molecular flexibility index (Phi) is 4.72. The fraction of sp³-hybridized carbons (Fsp3) is 0.308. The van der Waals surface area contributed by atoms with Crippen LogP contribution in [0.1, 0.15) is 13.3 Å². The number of aliphatic hydroxyl groups is 1. The minimum atomic E-state index is -0.711. The van der Waals surface area contributed by atoms with Gasteiger partial charge in [-0.15, -0.1) is 0 Å². The number of allylic oxidation sites excluding steroid dienone is 1. The summed E-state index contributed by atoms with van der Waals surface area (Å²) in [5.41, 5.74) is 7.57. The van der Waals surface area contributed by atoms with Crippen molar-refractivity contribution in [3.8, 4) is 0 Å². The van der Waals surface area contributed by atoms with Crippen molar-refractivity contribution in [3.05, 3.63) is 36.4 Å². The fourth-order valence-corrected chi connectivity index (χ4v) is 1.30. The minimum Gasteiger partial charge on any atom is -0.399 e. The standard InChI is InChI=1S/C13H18N2O2/c1-9(2)13(17)7-12(16)8-15-11-5-3-10(14)4-6-11/h3-6,12,15-16H,1,7-8,14H2,2H3. The number of Topliss-reactive ketones (excluding diaryl/α,β-unsaturated/α-hetero) is 1. The zero-order valence-corrected chi connectivity index (χ0v) is 9.94. The number of carbonyl (C=O) groups is 1. The van der Waals surface area contributed by atoms with Gasteiger partial charge in [0.25, 0.3) is 0 Å². The van der Waals surface area contributed by atoms with Gasteiger partial charge >= 0.3 is 0 Å². The molecule has 0 saturated heterocycles. The van der Waals surface area contributed by atoms with Crippen LogP contribution in [0.3, 0.4) is 0 Å². The molecular weight excluding hydrogens is 216 g/mol. The number of carbonyl (C=O) groups excluding carboxylic acids is 1. The van der Waals surface area contributed by atoms with Crippen LogP contribution in [0.5, 0.6) is 0 Å². The highest BCUT2D eigenvalue weighted by Gasteiger charge is 2.10. The number of anilines is 2. The molecule has 0 aromatic heterocycles. The second kappa shape index (κ2) is 6.06. The summed E-state index contributed by atoms with van der Waals surface area (Å²) in [6, 6.07) is 7.19. The highest BCUT2D eigenvalue weighted by Crippen LogP contribution is 2.10. The summed E-state index contributed by atoms with van der Waals surface area (Å²) in [7, 11) is 0. The molecule has 0 aliphatic carbocycles. The van der Waals surface area contributed by atoms with E-state index in [9.17, 15) is 9.90 Å². The molecule has 1 rings (SSSR count). The van der Waals surface area contributed by atoms with Crippen LogP contribution in [0.25, 0.3) is 0 Å². The number of nitrogens with two attached hydrogens (primary N) is 1. The smallest absolute Gasteiger partial charge is 0.160 e. The Bertz CT molecular complexity index is 398. The molecule has 4 N–H and O–H groups in total. The average molecular weight is 234 g/mol. The minimum absolute atomic E-state index is 0.0945. The Labute approximate surface area is 101 Å². The second-order valence-corrected chi connectivity index (χ2v) is 4.06. The molecule has 0 saturated carbocycles. The molecule has 92 valence electrons. The van der Waals surface area contributed by atoms with Crippen molar-refractivity contribution in [2.75, 3.05) is 17.6 Å². The van der Waals surface area contributed by atoms with E-state index in [2.05, 4.69) is 11.9 Å². The molecule has 1 aromatic carbocycles. The molecular formula is C13H18N2O2. The number of ketones is 1. The molecule has 4 nitrogen and oxygen atoms in total. The van der Waals surface area contributed by atoms with Crippen LogP contribution in [0, 0.1) is 0 Å². The molecule has 0 heterocycles. The SMILES string of the molecule is C=C(C)C(=O)CC(O)CNc1ccc(N)cc1. The second-order valence-electron chi connectivity index (χ2n) is 4.06. The average Bonchev–Trinajstić information content (AvgIpc) is 2.28. The Hall–Kier alpha value is -1.81. The summed E-state index contributed by atoms with van der Waals surface area (Å²) < 4.78 is 0. The lowest BCUT2D eigenvalue weighted by Gasteiger charge is -2.12. The molecule has 1 unspecified atom stereocenters. The largest absolute Gasteiger partial charge is 0.399 e. The van der Waals surface area contributed by atoms with E-state index in [0.717, 1.165) is 5.69 Å². The van der Waals surface area contributed by atoms with Crippen molar-refractivity contribution >= 4 is 17.2 Å². The lowest BCUT2D eigenvalue weighted by Crippen LogP contribution is -2.23. The van der Waals surface area contributed by atoms with E-state index in [1.54, 1.807) is 19.1 Å². The monoisotopic (exact) mass is 234 g/mol. The van der Waals surface area contributed by atoms with Gasteiger partial charge in [0.1, 0.15) is 0 Å². The van der Waals surface area contributed by atoms with Crippen LogP contribution < -0.4 is 11.1 Å². The zero-order valence-electron chi connectivity index (χ0n) is 9.94. The van der Waals surface area contributed by atoms with Crippen LogP contribution in [-0.4, -0.2) is 23.5 Å². The summed E-state index contributed by atoms with van der Waals surface area (Å²) in [6.45, 7) is 5.50. The number of benzene rings is 1. The van der Waals surface area contributed by atoms with Gasteiger partial charge in [0.15, 0.2) is 5.78 Å². The molecule has 0 aliphatic heterocycles. The van der Waals surface area contributed by atoms with Crippen LogP contribution in [0.15, 0.2) is 36.4 Å². The highest BCUT2D eigenvalue weighted by atomic mass is 16.3. The van der Waals surface area contributed by atoms with E-state index < -0.39 is 6.10 Å². The maximum absolute atomic E-state index is 11.3. The van der Waals surface area contributed by atoms with Crippen molar-refractivity contribution in [1.82, 2.24) is 0 Å². The first-order valence-electron chi connectivity index (χ1n) is 5.45. The summed E-state index contributed by atoms with van der Waals surface area (Å²) >= 11 is 0. The first-order chi connectivity index (χ1) is 7.99. The van der Waals surface area contributed by atoms with Crippen molar-refractivity contribution < 1.29 is 9.90 Å². The van der Waals surface area contributed by atoms with Crippen LogP contribution in [0.4, 0.5) is 11.4 Å². The predicted octanol–water partition coefficient (Wildman–Crippen LogP) is 1.58. The Morgan fingerprint density at radius 3 is 2.59 bits per heavy atom.